The molecular formula is C12H26N2O2. The molecule has 0 radical (unpaired) electrons. The summed E-state index contributed by atoms with van der Waals surface area (Å²) in [5.41, 5.74) is 5.07. The van der Waals surface area contributed by atoms with E-state index in [2.05, 4.69) is 25.7 Å². The number of methoxy groups -OCH3 is 1. The fraction of sp³-hybridized carbons (Fsp3) is 0.917. The van der Waals surface area contributed by atoms with Crippen molar-refractivity contribution in [1.82, 2.24) is 4.90 Å². The van der Waals surface area contributed by atoms with Crippen molar-refractivity contribution in [2.75, 3.05) is 20.2 Å². The second-order valence-electron chi connectivity index (χ2n) is 4.59. The van der Waals surface area contributed by atoms with E-state index in [1.807, 2.05) is 0 Å². The van der Waals surface area contributed by atoms with Crippen molar-refractivity contribution in [2.45, 2.75) is 52.1 Å². The van der Waals surface area contributed by atoms with Gasteiger partial charge < -0.3 is 15.4 Å². The molecule has 0 rings (SSSR count). The average Bonchev–Trinajstić information content (AvgIpc) is 2.23. The van der Waals surface area contributed by atoms with Crippen molar-refractivity contribution >= 4 is 5.97 Å². The lowest BCUT2D eigenvalue weighted by molar-refractivity contribution is -0.147. The Morgan fingerprint density at radius 3 is 2.44 bits per heavy atom. The minimum absolute atomic E-state index is 0.291. The van der Waals surface area contributed by atoms with Crippen LogP contribution in [-0.2, 0) is 9.53 Å². The van der Waals surface area contributed by atoms with Crippen molar-refractivity contribution in [1.29, 1.82) is 0 Å². The van der Waals surface area contributed by atoms with Gasteiger partial charge in [0, 0.05) is 6.04 Å². The quantitative estimate of drug-likeness (QED) is 0.671. The largest absolute Gasteiger partial charge is 0.468 e. The molecule has 0 aromatic rings. The first-order chi connectivity index (χ1) is 7.38. The van der Waals surface area contributed by atoms with Crippen LogP contribution in [0.15, 0.2) is 0 Å². The third-order valence-electron chi connectivity index (χ3n) is 2.91. The van der Waals surface area contributed by atoms with E-state index in [4.69, 9.17) is 10.5 Å². The van der Waals surface area contributed by atoms with Gasteiger partial charge in [-0.05, 0) is 39.8 Å². The number of nitrogens with zero attached hydrogens (tertiary/aromatic N) is 1. The van der Waals surface area contributed by atoms with E-state index in [1.54, 1.807) is 6.92 Å². The molecule has 2 atom stereocenters. The predicted octanol–water partition coefficient (Wildman–Crippen LogP) is 1.39. The molecule has 0 aliphatic rings. The highest BCUT2D eigenvalue weighted by atomic mass is 16.5. The summed E-state index contributed by atoms with van der Waals surface area (Å²) >= 11 is 0. The van der Waals surface area contributed by atoms with Gasteiger partial charge in [0.15, 0.2) is 0 Å². The second-order valence-corrected chi connectivity index (χ2v) is 4.59. The fourth-order valence-corrected chi connectivity index (χ4v) is 2.04. The maximum Gasteiger partial charge on any atom is 0.325 e. The molecule has 0 aliphatic carbocycles. The Kier molecular flexibility index (Phi) is 6.60. The highest BCUT2D eigenvalue weighted by Crippen LogP contribution is 2.15. The highest BCUT2D eigenvalue weighted by Gasteiger charge is 2.32. The molecule has 4 nitrogen and oxygen atoms in total. The van der Waals surface area contributed by atoms with Gasteiger partial charge in [-0.1, -0.05) is 13.8 Å². The zero-order valence-corrected chi connectivity index (χ0v) is 11.2. The first-order valence-corrected chi connectivity index (χ1v) is 6.00. The van der Waals surface area contributed by atoms with Crippen LogP contribution in [0.2, 0.25) is 0 Å². The number of rotatable bonds is 7. The molecule has 4 heteroatoms. The van der Waals surface area contributed by atoms with E-state index in [0.717, 1.165) is 19.5 Å². The molecule has 0 amide bonds. The topological polar surface area (TPSA) is 55.6 Å². The Morgan fingerprint density at radius 2 is 2.06 bits per heavy atom. The molecule has 0 bridgehead atoms. The van der Waals surface area contributed by atoms with Crippen molar-refractivity contribution in [3.05, 3.63) is 0 Å². The Balaban J connectivity index is 4.40. The lowest BCUT2D eigenvalue weighted by Crippen LogP contribution is -2.50. The summed E-state index contributed by atoms with van der Waals surface area (Å²) in [5.74, 6) is -0.341. The Bertz CT molecular complexity index is 217. The summed E-state index contributed by atoms with van der Waals surface area (Å²) in [6.07, 6.45) is 1.73. The zero-order chi connectivity index (χ0) is 12.8. The molecule has 0 aliphatic heterocycles. The second kappa shape index (κ2) is 6.86. The molecular weight excluding hydrogens is 204 g/mol. The summed E-state index contributed by atoms with van der Waals surface area (Å²) in [4.78, 5) is 13.8. The normalized spacial score (nSPS) is 16.9. The van der Waals surface area contributed by atoms with Gasteiger partial charge in [-0.15, -0.1) is 0 Å². The van der Waals surface area contributed by atoms with Crippen molar-refractivity contribution in [2.24, 2.45) is 5.73 Å². The third-order valence-corrected chi connectivity index (χ3v) is 2.91. The molecule has 0 aromatic carbocycles. The van der Waals surface area contributed by atoms with Crippen molar-refractivity contribution in [3.63, 3.8) is 0 Å². The summed E-state index contributed by atoms with van der Waals surface area (Å²) in [7, 11) is 1.38. The van der Waals surface area contributed by atoms with E-state index in [-0.39, 0.29) is 5.97 Å². The fourth-order valence-electron chi connectivity index (χ4n) is 2.04. The summed E-state index contributed by atoms with van der Waals surface area (Å²) in [6.45, 7) is 10.1. The van der Waals surface area contributed by atoms with Gasteiger partial charge >= 0.3 is 5.97 Å². The van der Waals surface area contributed by atoms with Crippen LogP contribution in [0, 0.1) is 0 Å². The lowest BCUT2D eigenvalue weighted by Gasteiger charge is -2.32. The van der Waals surface area contributed by atoms with E-state index < -0.39 is 5.54 Å². The first-order valence-electron chi connectivity index (χ1n) is 6.00. The minimum atomic E-state index is -0.894. The summed E-state index contributed by atoms with van der Waals surface area (Å²) in [6, 6.07) is 0.291. The van der Waals surface area contributed by atoms with Crippen molar-refractivity contribution < 1.29 is 9.53 Å². The maximum atomic E-state index is 11.5. The van der Waals surface area contributed by atoms with Crippen LogP contribution in [0.3, 0.4) is 0 Å². The first kappa shape index (κ1) is 15.4. The Labute approximate surface area is 99.1 Å². The van der Waals surface area contributed by atoms with Crippen LogP contribution >= 0.6 is 0 Å². The SMILES string of the molecule is CCCN(CC)C(C)CC(C)(N)C(=O)OC. The van der Waals surface area contributed by atoms with Crippen LogP contribution in [0.4, 0.5) is 0 Å². The van der Waals surface area contributed by atoms with E-state index >= 15 is 0 Å². The van der Waals surface area contributed by atoms with Crippen LogP contribution in [0.25, 0.3) is 0 Å². The van der Waals surface area contributed by atoms with Crippen LogP contribution in [0.1, 0.15) is 40.5 Å². The van der Waals surface area contributed by atoms with Gasteiger partial charge in [-0.2, -0.15) is 0 Å². The van der Waals surface area contributed by atoms with Crippen LogP contribution in [0.5, 0.6) is 0 Å². The molecule has 16 heavy (non-hydrogen) atoms. The molecule has 0 spiro atoms. The molecule has 0 aromatic heterocycles. The number of carbonyl (C=O) groups excluding carboxylic acids is 1. The summed E-state index contributed by atoms with van der Waals surface area (Å²) < 4.78 is 4.71. The molecule has 0 saturated heterocycles. The van der Waals surface area contributed by atoms with E-state index in [9.17, 15) is 4.79 Å². The standard InChI is InChI=1S/C12H26N2O2/c1-6-8-14(7-2)10(3)9-12(4,13)11(15)16-5/h10H,6-9,13H2,1-5H3. The van der Waals surface area contributed by atoms with Gasteiger partial charge in [-0.25, -0.2) is 0 Å². The number of ether oxygens (including phenoxy) is 1. The minimum Gasteiger partial charge on any atom is -0.468 e. The predicted molar refractivity (Wildman–Crippen MR) is 66.2 cm³/mol. The van der Waals surface area contributed by atoms with Gasteiger partial charge in [0.05, 0.1) is 7.11 Å². The zero-order valence-electron chi connectivity index (χ0n) is 11.2. The molecule has 2 unspecified atom stereocenters. The Morgan fingerprint density at radius 1 is 1.50 bits per heavy atom. The number of hydrogen-bond donors (Lipinski definition) is 1. The van der Waals surface area contributed by atoms with Gasteiger partial charge in [-0.3, -0.25) is 4.79 Å². The Hall–Kier alpha value is -0.610. The maximum absolute atomic E-state index is 11.5. The van der Waals surface area contributed by atoms with Gasteiger partial charge in [0.1, 0.15) is 5.54 Å². The molecule has 0 saturated carbocycles. The van der Waals surface area contributed by atoms with Crippen molar-refractivity contribution in [3.8, 4) is 0 Å². The van der Waals surface area contributed by atoms with Gasteiger partial charge in [0.2, 0.25) is 0 Å². The monoisotopic (exact) mass is 230 g/mol. The number of esters is 1. The molecule has 2 N–H and O–H groups in total. The van der Waals surface area contributed by atoms with Crippen LogP contribution < -0.4 is 5.73 Å². The van der Waals surface area contributed by atoms with E-state index in [1.165, 1.54) is 7.11 Å². The smallest absolute Gasteiger partial charge is 0.325 e. The molecule has 0 fully saturated rings. The number of nitrogens with two attached hydrogens (primary N) is 1. The average molecular weight is 230 g/mol. The molecule has 0 heterocycles. The highest BCUT2D eigenvalue weighted by molar-refractivity contribution is 5.79. The number of hydrogen-bond acceptors (Lipinski definition) is 4. The summed E-state index contributed by atoms with van der Waals surface area (Å²) in [5, 5.41) is 0. The lowest BCUT2D eigenvalue weighted by atomic mass is 9.94. The van der Waals surface area contributed by atoms with E-state index in [0.29, 0.717) is 12.5 Å². The number of carbonyl (C=O) groups is 1. The van der Waals surface area contributed by atoms with Crippen LogP contribution in [-0.4, -0.2) is 42.6 Å². The van der Waals surface area contributed by atoms with Gasteiger partial charge in [0.25, 0.3) is 0 Å². The third kappa shape index (κ3) is 4.49. The molecule has 96 valence electrons.